The highest BCUT2D eigenvalue weighted by Crippen LogP contribution is 2.39. The number of alkyl halides is 3. The van der Waals surface area contributed by atoms with Crippen molar-refractivity contribution in [1.82, 2.24) is 25.5 Å². The SMILES string of the molecule is COc1cc(OCCOCC(=O)NC(C(=O)N2CCC[C@H]2C(=O)NCc2ccc(-c3scnc3C)cc2)C(C)(C)C)ncc1N(C=S)C(C)(C)C(=O)N(C)c1ccc(C#N)c(C(F)(F)F)c1F. The molecule has 0 aliphatic carbocycles. The molecular weight excluding hydrogens is 917 g/mol. The zero-order valence-electron chi connectivity index (χ0n) is 38.2. The maximum Gasteiger partial charge on any atom is 0.420 e. The molecule has 4 aromatic rings. The number of carbonyl (C=O) groups is 4. The number of hydrogen-bond acceptors (Lipinski definition) is 12. The molecular formula is C46H52F4N8O7S2. The molecule has 0 spiro atoms. The molecule has 2 atom stereocenters. The second-order valence-corrected chi connectivity index (χ2v) is 18.2. The number of anilines is 2. The summed E-state index contributed by atoms with van der Waals surface area (Å²) in [7, 11) is 2.43. The third kappa shape index (κ3) is 12.0. The van der Waals surface area contributed by atoms with E-state index in [1.165, 1.54) is 49.1 Å². The van der Waals surface area contributed by atoms with E-state index in [-0.39, 0.29) is 48.9 Å². The van der Waals surface area contributed by atoms with Crippen LogP contribution in [0.15, 0.2) is 54.2 Å². The topological polar surface area (TPSA) is 179 Å². The Labute approximate surface area is 395 Å². The Morgan fingerprint density at radius 1 is 1.06 bits per heavy atom. The fourth-order valence-electron chi connectivity index (χ4n) is 7.49. The summed E-state index contributed by atoms with van der Waals surface area (Å²) in [6.45, 7) is 10.3. The van der Waals surface area contributed by atoms with Crippen molar-refractivity contribution >= 4 is 64.0 Å². The number of likely N-dealkylation sites (N-methyl/N-ethyl adjacent to an activating group) is 1. The zero-order chi connectivity index (χ0) is 49.4. The average Bonchev–Trinajstić information content (AvgIpc) is 3.96. The maximum atomic E-state index is 15.3. The lowest BCUT2D eigenvalue weighted by molar-refractivity contribution is -0.144. The Bertz CT molecular complexity index is 2510. The molecule has 4 amide bonds. The number of aromatic nitrogens is 2. The fraction of sp³-hybridized carbons (Fsp3) is 0.435. The van der Waals surface area contributed by atoms with Crippen LogP contribution in [0.2, 0.25) is 0 Å². The number of nitrogens with one attached hydrogen (secondary N) is 2. The number of rotatable bonds is 18. The number of thiazole rings is 1. The van der Waals surface area contributed by atoms with Crippen LogP contribution in [-0.2, 0) is 36.6 Å². The summed E-state index contributed by atoms with van der Waals surface area (Å²) in [5, 5.41) is 14.9. The first kappa shape index (κ1) is 51.7. The summed E-state index contributed by atoms with van der Waals surface area (Å²) in [5.74, 6) is -3.67. The molecule has 2 N–H and O–H groups in total. The van der Waals surface area contributed by atoms with Crippen molar-refractivity contribution in [3.8, 4) is 28.1 Å². The van der Waals surface area contributed by atoms with Gasteiger partial charge in [0.2, 0.25) is 23.6 Å². The minimum Gasteiger partial charge on any atom is -0.494 e. The number of nitriles is 1. The minimum absolute atomic E-state index is 0.0565. The molecule has 3 heterocycles. The van der Waals surface area contributed by atoms with Gasteiger partial charge in [-0.2, -0.15) is 18.4 Å². The van der Waals surface area contributed by atoms with Crippen LogP contribution in [0.25, 0.3) is 10.4 Å². The van der Waals surface area contributed by atoms with Gasteiger partial charge in [-0.15, -0.1) is 11.3 Å². The number of likely N-dealkylation sites (tertiary alicyclic amines) is 1. The summed E-state index contributed by atoms with van der Waals surface area (Å²) in [4.78, 5) is 67.5. The van der Waals surface area contributed by atoms with Crippen LogP contribution in [-0.4, -0.2) is 102 Å². The second kappa shape index (κ2) is 21.6. The molecule has 0 bridgehead atoms. The van der Waals surface area contributed by atoms with Crippen molar-refractivity contribution < 1.29 is 51.0 Å². The highest BCUT2D eigenvalue weighted by molar-refractivity contribution is 7.79. The van der Waals surface area contributed by atoms with Crippen LogP contribution in [0.4, 0.5) is 28.9 Å². The van der Waals surface area contributed by atoms with Gasteiger partial charge in [-0.05, 0) is 62.3 Å². The van der Waals surface area contributed by atoms with Gasteiger partial charge in [0.1, 0.15) is 47.8 Å². The van der Waals surface area contributed by atoms with Gasteiger partial charge < -0.3 is 39.5 Å². The third-order valence-corrected chi connectivity index (χ3v) is 12.3. The van der Waals surface area contributed by atoms with Gasteiger partial charge in [-0.25, -0.2) is 14.4 Å². The fourth-order valence-corrected chi connectivity index (χ4v) is 8.68. The van der Waals surface area contributed by atoms with E-state index in [4.69, 9.17) is 31.7 Å². The van der Waals surface area contributed by atoms with Crippen LogP contribution in [0, 0.1) is 29.5 Å². The molecule has 358 valence electrons. The molecule has 15 nitrogen and oxygen atoms in total. The van der Waals surface area contributed by atoms with E-state index < -0.39 is 70.3 Å². The van der Waals surface area contributed by atoms with E-state index in [0.29, 0.717) is 24.3 Å². The van der Waals surface area contributed by atoms with Gasteiger partial charge in [-0.3, -0.25) is 19.2 Å². The predicted molar refractivity (Wildman–Crippen MR) is 247 cm³/mol. The summed E-state index contributed by atoms with van der Waals surface area (Å²) < 4.78 is 73.2. The van der Waals surface area contributed by atoms with Crippen molar-refractivity contribution in [2.45, 2.75) is 84.7 Å². The van der Waals surface area contributed by atoms with Gasteiger partial charge in [0.15, 0.2) is 5.82 Å². The van der Waals surface area contributed by atoms with Gasteiger partial charge in [-0.1, -0.05) is 57.3 Å². The Balaban J connectivity index is 1.14. The molecule has 5 rings (SSSR count). The number of amides is 4. The number of nitrogens with zero attached hydrogens (tertiary/aromatic N) is 6. The summed E-state index contributed by atoms with van der Waals surface area (Å²) >= 11 is 6.79. The van der Waals surface area contributed by atoms with Gasteiger partial charge in [0.25, 0.3) is 5.91 Å². The van der Waals surface area contributed by atoms with E-state index in [9.17, 15) is 32.3 Å². The highest BCUT2D eigenvalue weighted by atomic mass is 32.1. The Hall–Kier alpha value is -6.24. The second-order valence-electron chi connectivity index (χ2n) is 17.2. The lowest BCUT2D eigenvalue weighted by Crippen LogP contribution is -2.58. The highest BCUT2D eigenvalue weighted by Gasteiger charge is 2.44. The van der Waals surface area contributed by atoms with E-state index in [1.807, 2.05) is 52.0 Å². The van der Waals surface area contributed by atoms with Gasteiger partial charge in [0, 0.05) is 26.2 Å². The number of benzene rings is 2. The third-order valence-electron chi connectivity index (χ3n) is 11.1. The van der Waals surface area contributed by atoms with E-state index in [2.05, 4.69) is 20.6 Å². The smallest absolute Gasteiger partial charge is 0.420 e. The number of halogens is 4. The molecule has 2 aromatic heterocycles. The number of ether oxygens (including phenoxy) is 3. The van der Waals surface area contributed by atoms with Crippen LogP contribution >= 0.6 is 23.6 Å². The number of carbonyl (C=O) groups excluding carboxylic acids is 4. The average molecular weight is 969 g/mol. The van der Waals surface area contributed by atoms with E-state index >= 15 is 4.39 Å². The molecule has 0 saturated carbocycles. The van der Waals surface area contributed by atoms with Crippen LogP contribution in [0.3, 0.4) is 0 Å². The van der Waals surface area contributed by atoms with Crippen LogP contribution in [0.1, 0.15) is 69.8 Å². The lowest BCUT2D eigenvalue weighted by Gasteiger charge is -2.38. The molecule has 1 aliphatic heterocycles. The largest absolute Gasteiger partial charge is 0.494 e. The molecule has 1 aliphatic rings. The molecule has 0 radical (unpaired) electrons. The quantitative estimate of drug-likeness (QED) is 0.0594. The van der Waals surface area contributed by atoms with Crippen molar-refractivity contribution in [3.05, 3.63) is 82.4 Å². The number of pyridine rings is 1. The van der Waals surface area contributed by atoms with Crippen molar-refractivity contribution in [1.29, 1.82) is 5.26 Å². The Morgan fingerprint density at radius 3 is 2.36 bits per heavy atom. The Morgan fingerprint density at radius 2 is 1.76 bits per heavy atom. The van der Waals surface area contributed by atoms with Crippen molar-refractivity contribution in [2.75, 3.05) is 50.3 Å². The first-order valence-corrected chi connectivity index (χ1v) is 22.3. The summed E-state index contributed by atoms with van der Waals surface area (Å²) in [6, 6.07) is 10.6. The minimum atomic E-state index is -5.20. The molecule has 21 heteroatoms. The van der Waals surface area contributed by atoms with Crippen molar-refractivity contribution in [2.24, 2.45) is 5.41 Å². The molecule has 2 aromatic carbocycles. The van der Waals surface area contributed by atoms with Gasteiger partial charge >= 0.3 is 6.18 Å². The first-order valence-electron chi connectivity index (χ1n) is 21.0. The van der Waals surface area contributed by atoms with E-state index in [1.54, 1.807) is 16.8 Å². The standard InChI is InChI=1S/C46H52F4N8O7S2/c1-27-39(67-25-54-27)29-13-11-28(12-14-29)22-53-41(60)32-10-9-17-57(32)42(61)40(44(2,3)4)55-35(59)24-64-18-19-65-36-20-34(63-8)33(23-52-36)58(26-66)45(5,6)43(62)56(7)31-16-15-30(21-51)37(38(31)47)46(48,49)50/h11-16,20,23,25-26,32,40H,9-10,17-19,22,24H2,1-8H3,(H,53,60)(H,55,59)/t32-,40?/m0/s1. The monoisotopic (exact) mass is 968 g/mol. The number of hydrogen-bond donors (Lipinski definition) is 2. The molecule has 67 heavy (non-hydrogen) atoms. The Kier molecular flexibility index (Phi) is 16.7. The first-order chi connectivity index (χ1) is 31.5. The molecule has 1 saturated heterocycles. The number of methoxy groups -OCH3 is 1. The van der Waals surface area contributed by atoms with Crippen LogP contribution < -0.4 is 29.9 Å². The molecule has 1 fully saturated rings. The van der Waals surface area contributed by atoms with Gasteiger partial charge in [0.05, 0.1) is 58.8 Å². The number of aryl methyl sites for hydroxylation is 1. The normalized spacial score (nSPS) is 14.4. The molecule has 1 unspecified atom stereocenters. The number of thiocarbonyl (C=S) groups is 1. The van der Waals surface area contributed by atoms with E-state index in [0.717, 1.165) is 46.4 Å². The maximum absolute atomic E-state index is 15.3. The summed E-state index contributed by atoms with van der Waals surface area (Å²) in [5.41, 5.74) is 0.167. The van der Waals surface area contributed by atoms with Crippen molar-refractivity contribution in [3.63, 3.8) is 0 Å². The zero-order valence-corrected chi connectivity index (χ0v) is 39.9. The lowest BCUT2D eigenvalue weighted by atomic mass is 9.85. The van der Waals surface area contributed by atoms with Crippen LogP contribution in [0.5, 0.6) is 11.6 Å². The predicted octanol–water partition coefficient (Wildman–Crippen LogP) is 6.99. The summed E-state index contributed by atoms with van der Waals surface area (Å²) in [6.07, 6.45) is -2.80.